The first kappa shape index (κ1) is 11.5. The van der Waals surface area contributed by atoms with Gasteiger partial charge in [0, 0.05) is 24.0 Å². The van der Waals surface area contributed by atoms with Crippen LogP contribution < -0.4 is 9.47 Å². The number of H-pyrrole nitrogens is 1. The van der Waals surface area contributed by atoms with E-state index >= 15 is 0 Å². The number of fused-ring (bicyclic) bond motifs is 1. The van der Waals surface area contributed by atoms with Crippen LogP contribution in [0.5, 0.6) is 11.8 Å². The molecule has 19 heavy (non-hydrogen) atoms. The average Bonchev–Trinajstić information content (AvgIpc) is 2.91. The monoisotopic (exact) mass is 256 g/mol. The average molecular weight is 256 g/mol. The number of aromatic nitrogens is 4. The smallest absolute Gasteiger partial charge is 0.224 e. The summed E-state index contributed by atoms with van der Waals surface area (Å²) in [5.41, 5.74) is 2.53. The molecule has 1 N–H and O–H groups in total. The van der Waals surface area contributed by atoms with Crippen LogP contribution in [0.2, 0.25) is 0 Å². The summed E-state index contributed by atoms with van der Waals surface area (Å²) in [6.45, 7) is 0. The predicted octanol–water partition coefficient (Wildman–Crippen LogP) is 2.04. The molecule has 0 aromatic carbocycles. The molecule has 0 atom stereocenters. The molecule has 3 aromatic heterocycles. The topological polar surface area (TPSA) is 72.9 Å². The van der Waals surface area contributed by atoms with E-state index in [0.29, 0.717) is 11.8 Å². The van der Waals surface area contributed by atoms with E-state index in [1.807, 2.05) is 18.2 Å². The van der Waals surface area contributed by atoms with Crippen LogP contribution in [0.25, 0.3) is 22.2 Å². The Hall–Kier alpha value is -2.63. The Labute approximate surface area is 109 Å². The first-order chi connectivity index (χ1) is 9.33. The van der Waals surface area contributed by atoms with Gasteiger partial charge < -0.3 is 9.47 Å². The third-order valence-electron chi connectivity index (χ3n) is 2.85. The van der Waals surface area contributed by atoms with E-state index in [1.54, 1.807) is 26.6 Å². The van der Waals surface area contributed by atoms with Gasteiger partial charge in [0.15, 0.2) is 0 Å². The fourth-order valence-electron chi connectivity index (χ4n) is 1.97. The van der Waals surface area contributed by atoms with E-state index in [1.165, 1.54) is 0 Å². The van der Waals surface area contributed by atoms with Crippen molar-refractivity contribution in [3.63, 3.8) is 0 Å². The summed E-state index contributed by atoms with van der Waals surface area (Å²) >= 11 is 0. The maximum atomic E-state index is 5.29. The van der Waals surface area contributed by atoms with Crippen LogP contribution >= 0.6 is 0 Å². The van der Waals surface area contributed by atoms with Gasteiger partial charge in [-0.05, 0) is 12.1 Å². The van der Waals surface area contributed by atoms with Gasteiger partial charge in [0.05, 0.1) is 25.1 Å². The molecule has 0 radical (unpaired) electrons. The SMILES string of the molecule is COc1cc(-c2n[nH]c3ccnc(OC)c23)ccn1. The van der Waals surface area contributed by atoms with Crippen LogP contribution in [0.4, 0.5) is 0 Å². The zero-order chi connectivity index (χ0) is 13.2. The minimum absolute atomic E-state index is 0.538. The van der Waals surface area contributed by atoms with Crippen molar-refractivity contribution >= 4 is 10.9 Å². The highest BCUT2D eigenvalue weighted by molar-refractivity contribution is 5.96. The number of ether oxygens (including phenoxy) is 2. The Balaban J connectivity index is 2.24. The highest BCUT2D eigenvalue weighted by Crippen LogP contribution is 2.32. The summed E-state index contributed by atoms with van der Waals surface area (Å²) < 4.78 is 10.4. The van der Waals surface area contributed by atoms with E-state index in [-0.39, 0.29) is 0 Å². The van der Waals surface area contributed by atoms with Crippen molar-refractivity contribution in [3.05, 3.63) is 30.6 Å². The Morgan fingerprint density at radius 2 is 1.89 bits per heavy atom. The second-order valence-electron chi connectivity index (χ2n) is 3.90. The van der Waals surface area contributed by atoms with Crippen molar-refractivity contribution in [2.24, 2.45) is 0 Å². The number of nitrogens with zero attached hydrogens (tertiary/aromatic N) is 3. The molecular formula is C13H12N4O2. The number of aromatic amines is 1. The first-order valence-electron chi connectivity index (χ1n) is 5.71. The van der Waals surface area contributed by atoms with Crippen molar-refractivity contribution < 1.29 is 9.47 Å². The van der Waals surface area contributed by atoms with Crippen LogP contribution in [0.1, 0.15) is 0 Å². The van der Waals surface area contributed by atoms with Gasteiger partial charge in [0.2, 0.25) is 11.8 Å². The van der Waals surface area contributed by atoms with Crippen LogP contribution in [-0.4, -0.2) is 34.4 Å². The zero-order valence-corrected chi connectivity index (χ0v) is 10.5. The maximum Gasteiger partial charge on any atom is 0.224 e. The summed E-state index contributed by atoms with van der Waals surface area (Å²) in [7, 11) is 3.17. The standard InChI is InChI=1S/C13H12N4O2/c1-18-10-7-8(3-5-14-10)12-11-9(16-17-12)4-6-15-13(11)19-2/h3-7H,1-2H3,(H,16,17). The lowest BCUT2D eigenvalue weighted by atomic mass is 10.1. The number of hydrogen-bond acceptors (Lipinski definition) is 5. The molecule has 3 aromatic rings. The number of methoxy groups -OCH3 is 2. The van der Waals surface area contributed by atoms with Crippen molar-refractivity contribution in [3.8, 4) is 23.0 Å². The molecule has 0 spiro atoms. The van der Waals surface area contributed by atoms with Crippen LogP contribution in [0.15, 0.2) is 30.6 Å². The van der Waals surface area contributed by atoms with Crippen molar-refractivity contribution in [1.29, 1.82) is 0 Å². The molecule has 0 aliphatic carbocycles. The lowest BCUT2D eigenvalue weighted by Gasteiger charge is -2.03. The third-order valence-corrected chi connectivity index (χ3v) is 2.85. The van der Waals surface area contributed by atoms with Crippen molar-refractivity contribution in [2.75, 3.05) is 14.2 Å². The van der Waals surface area contributed by atoms with E-state index in [4.69, 9.17) is 9.47 Å². The second kappa shape index (κ2) is 4.56. The summed E-state index contributed by atoms with van der Waals surface area (Å²) in [5, 5.41) is 8.13. The molecule has 0 aliphatic rings. The van der Waals surface area contributed by atoms with Gasteiger partial charge in [-0.15, -0.1) is 0 Å². The van der Waals surface area contributed by atoms with E-state index in [9.17, 15) is 0 Å². The predicted molar refractivity (Wildman–Crippen MR) is 70.2 cm³/mol. The number of hydrogen-bond donors (Lipinski definition) is 1. The minimum Gasteiger partial charge on any atom is -0.481 e. The molecule has 0 unspecified atom stereocenters. The molecule has 0 fully saturated rings. The summed E-state index contributed by atoms with van der Waals surface area (Å²) in [5.74, 6) is 1.08. The second-order valence-corrected chi connectivity index (χ2v) is 3.90. The quantitative estimate of drug-likeness (QED) is 0.776. The fraction of sp³-hybridized carbons (Fsp3) is 0.154. The molecular weight excluding hydrogens is 244 g/mol. The van der Waals surface area contributed by atoms with Crippen molar-refractivity contribution in [1.82, 2.24) is 20.2 Å². The number of nitrogens with one attached hydrogen (secondary N) is 1. The summed E-state index contributed by atoms with van der Waals surface area (Å²) in [6.07, 6.45) is 3.35. The van der Waals surface area contributed by atoms with Gasteiger partial charge in [0.1, 0.15) is 5.69 Å². The molecule has 3 rings (SSSR count). The van der Waals surface area contributed by atoms with Gasteiger partial charge in [-0.25, -0.2) is 9.97 Å². The molecule has 0 saturated carbocycles. The molecule has 3 heterocycles. The number of pyridine rings is 2. The van der Waals surface area contributed by atoms with E-state index < -0.39 is 0 Å². The van der Waals surface area contributed by atoms with Gasteiger partial charge in [-0.2, -0.15) is 5.10 Å². The Morgan fingerprint density at radius 3 is 2.68 bits per heavy atom. The first-order valence-corrected chi connectivity index (χ1v) is 5.71. The maximum absolute atomic E-state index is 5.29. The molecule has 0 saturated heterocycles. The van der Waals surface area contributed by atoms with Gasteiger partial charge in [-0.1, -0.05) is 0 Å². The summed E-state index contributed by atoms with van der Waals surface area (Å²) in [4.78, 5) is 8.28. The Bertz CT molecular complexity index is 723. The van der Waals surface area contributed by atoms with Crippen LogP contribution in [-0.2, 0) is 0 Å². The summed E-state index contributed by atoms with van der Waals surface area (Å²) in [6, 6.07) is 5.54. The lowest BCUT2D eigenvalue weighted by Crippen LogP contribution is -1.90. The van der Waals surface area contributed by atoms with Gasteiger partial charge >= 0.3 is 0 Å². The highest BCUT2D eigenvalue weighted by atomic mass is 16.5. The molecule has 0 aliphatic heterocycles. The third kappa shape index (κ3) is 1.87. The van der Waals surface area contributed by atoms with Gasteiger partial charge in [-0.3, -0.25) is 5.10 Å². The van der Waals surface area contributed by atoms with E-state index in [0.717, 1.165) is 22.2 Å². The van der Waals surface area contributed by atoms with Crippen LogP contribution in [0.3, 0.4) is 0 Å². The van der Waals surface area contributed by atoms with Crippen molar-refractivity contribution in [2.45, 2.75) is 0 Å². The minimum atomic E-state index is 0.538. The number of rotatable bonds is 3. The Kier molecular flexibility index (Phi) is 2.75. The molecule has 0 bridgehead atoms. The molecule has 0 amide bonds. The van der Waals surface area contributed by atoms with Gasteiger partial charge in [0.25, 0.3) is 0 Å². The fourth-order valence-corrected chi connectivity index (χ4v) is 1.97. The normalized spacial score (nSPS) is 10.6. The Morgan fingerprint density at radius 1 is 1.05 bits per heavy atom. The molecule has 96 valence electrons. The highest BCUT2D eigenvalue weighted by Gasteiger charge is 2.14. The molecule has 6 heteroatoms. The lowest BCUT2D eigenvalue weighted by molar-refractivity contribution is 0.398. The van der Waals surface area contributed by atoms with E-state index in [2.05, 4.69) is 20.2 Å². The zero-order valence-electron chi connectivity index (χ0n) is 10.5. The molecule has 6 nitrogen and oxygen atoms in total. The van der Waals surface area contributed by atoms with Crippen LogP contribution in [0, 0.1) is 0 Å². The largest absolute Gasteiger partial charge is 0.481 e.